The van der Waals surface area contributed by atoms with Crippen LogP contribution in [0.1, 0.15) is 30.0 Å². The number of nitrogens with zero attached hydrogens (tertiary/aromatic N) is 1. The Bertz CT molecular complexity index is 1080. The van der Waals surface area contributed by atoms with Crippen molar-refractivity contribution in [2.75, 3.05) is 26.6 Å². The molecule has 174 valence electrons. The molecule has 2 amide bonds. The number of amides is 2. The third-order valence-corrected chi connectivity index (χ3v) is 5.34. The summed E-state index contributed by atoms with van der Waals surface area (Å²) in [7, 11) is 4.32. The fourth-order valence-electron chi connectivity index (χ4n) is 3.62. The summed E-state index contributed by atoms with van der Waals surface area (Å²) in [5.41, 5.74) is 6.05. The van der Waals surface area contributed by atoms with Gasteiger partial charge in [0.25, 0.3) is 0 Å². The molecule has 0 spiro atoms. The van der Waals surface area contributed by atoms with Gasteiger partial charge in [-0.2, -0.15) is 5.10 Å². The van der Waals surface area contributed by atoms with Crippen LogP contribution in [0.2, 0.25) is 0 Å². The first-order chi connectivity index (χ1) is 15.8. The Labute approximate surface area is 192 Å². The van der Waals surface area contributed by atoms with E-state index in [1.807, 2.05) is 19.1 Å². The number of ether oxygens (including phenoxy) is 3. The van der Waals surface area contributed by atoms with Crippen LogP contribution in [0.3, 0.4) is 0 Å². The molecular weight excluding hydrogens is 426 g/mol. The van der Waals surface area contributed by atoms with Crippen LogP contribution in [-0.2, 0) is 32.0 Å². The lowest BCUT2D eigenvalue weighted by Crippen LogP contribution is -2.31. The number of anilines is 1. The summed E-state index contributed by atoms with van der Waals surface area (Å²) < 4.78 is 15.4. The zero-order valence-corrected chi connectivity index (χ0v) is 19.1. The van der Waals surface area contributed by atoms with Crippen LogP contribution in [0.4, 0.5) is 5.69 Å². The molecule has 1 aliphatic rings. The molecule has 0 saturated heterocycles. The van der Waals surface area contributed by atoms with E-state index in [0.29, 0.717) is 34.7 Å². The van der Waals surface area contributed by atoms with Gasteiger partial charge in [-0.3, -0.25) is 14.4 Å². The first kappa shape index (κ1) is 23.8. The molecule has 1 heterocycles. The van der Waals surface area contributed by atoms with Crippen molar-refractivity contribution in [1.82, 2.24) is 5.43 Å². The molecule has 0 aromatic heterocycles. The Kier molecular flexibility index (Phi) is 7.66. The third-order valence-electron chi connectivity index (χ3n) is 5.34. The molecule has 3 rings (SSSR count). The van der Waals surface area contributed by atoms with E-state index in [0.717, 1.165) is 11.3 Å². The molecule has 9 nitrogen and oxygen atoms in total. The highest BCUT2D eigenvalue weighted by Crippen LogP contribution is 2.31. The standard InChI is InChI=1S/C24H27N3O6/c1-14-9-22(29)26-27-24(14)15-5-7-18(8-6-15)25-21(28)12-16-10-19(31-2)20(32-3)11-17(16)13-23(30)33-4/h5-8,10-11,14H,9,12-13H2,1-4H3,(H,25,28)(H,26,29). The van der Waals surface area contributed by atoms with Gasteiger partial charge in [-0.15, -0.1) is 0 Å². The highest BCUT2D eigenvalue weighted by molar-refractivity contribution is 6.06. The van der Waals surface area contributed by atoms with Crippen molar-refractivity contribution in [2.45, 2.75) is 26.2 Å². The van der Waals surface area contributed by atoms with Gasteiger partial charge >= 0.3 is 5.97 Å². The van der Waals surface area contributed by atoms with E-state index >= 15 is 0 Å². The molecule has 2 aromatic rings. The minimum atomic E-state index is -0.421. The highest BCUT2D eigenvalue weighted by Gasteiger charge is 2.21. The van der Waals surface area contributed by atoms with Gasteiger partial charge < -0.3 is 19.5 Å². The number of carbonyl (C=O) groups is 3. The van der Waals surface area contributed by atoms with Crippen LogP contribution in [-0.4, -0.2) is 44.8 Å². The zero-order valence-electron chi connectivity index (χ0n) is 19.1. The van der Waals surface area contributed by atoms with Crippen molar-refractivity contribution in [3.63, 3.8) is 0 Å². The molecule has 2 aromatic carbocycles. The van der Waals surface area contributed by atoms with Gasteiger partial charge in [-0.05, 0) is 41.0 Å². The smallest absolute Gasteiger partial charge is 0.309 e. The minimum Gasteiger partial charge on any atom is -0.493 e. The summed E-state index contributed by atoms with van der Waals surface area (Å²) in [6, 6.07) is 10.6. The average Bonchev–Trinajstić information content (AvgIpc) is 2.80. The number of benzene rings is 2. The maximum absolute atomic E-state index is 12.7. The highest BCUT2D eigenvalue weighted by atomic mass is 16.5. The summed E-state index contributed by atoms with van der Waals surface area (Å²) in [6.07, 6.45) is 0.422. The van der Waals surface area contributed by atoms with Crippen molar-refractivity contribution in [3.8, 4) is 11.5 Å². The normalized spacial score (nSPS) is 15.2. The lowest BCUT2D eigenvalue weighted by Gasteiger charge is -2.19. The first-order valence-corrected chi connectivity index (χ1v) is 10.4. The second-order valence-corrected chi connectivity index (χ2v) is 7.67. The van der Waals surface area contributed by atoms with E-state index < -0.39 is 5.97 Å². The van der Waals surface area contributed by atoms with E-state index in [2.05, 4.69) is 15.8 Å². The molecule has 0 fully saturated rings. The van der Waals surface area contributed by atoms with Crippen LogP contribution in [0.25, 0.3) is 0 Å². The van der Waals surface area contributed by atoms with E-state index in [1.165, 1.54) is 21.3 Å². The van der Waals surface area contributed by atoms with E-state index in [9.17, 15) is 14.4 Å². The van der Waals surface area contributed by atoms with Gasteiger partial charge in [0.05, 0.1) is 39.9 Å². The molecule has 1 aliphatic heterocycles. The second kappa shape index (κ2) is 10.6. The number of hydrogen-bond donors (Lipinski definition) is 2. The monoisotopic (exact) mass is 453 g/mol. The predicted octanol–water partition coefficient (Wildman–Crippen LogP) is 2.46. The van der Waals surface area contributed by atoms with Gasteiger partial charge in [0, 0.05) is 18.0 Å². The van der Waals surface area contributed by atoms with Crippen molar-refractivity contribution in [1.29, 1.82) is 0 Å². The van der Waals surface area contributed by atoms with Gasteiger partial charge in [0.15, 0.2) is 11.5 Å². The van der Waals surface area contributed by atoms with Crippen molar-refractivity contribution >= 4 is 29.2 Å². The summed E-state index contributed by atoms with van der Waals surface area (Å²) in [6.45, 7) is 1.95. The van der Waals surface area contributed by atoms with Gasteiger partial charge in [-0.25, -0.2) is 5.43 Å². The van der Waals surface area contributed by atoms with Gasteiger partial charge in [0.2, 0.25) is 11.8 Å². The largest absolute Gasteiger partial charge is 0.493 e. The molecule has 0 aliphatic carbocycles. The third kappa shape index (κ3) is 5.88. The maximum atomic E-state index is 12.7. The quantitative estimate of drug-likeness (QED) is 0.594. The Morgan fingerprint density at radius 1 is 1.03 bits per heavy atom. The van der Waals surface area contributed by atoms with Crippen molar-refractivity contribution in [2.24, 2.45) is 11.0 Å². The first-order valence-electron chi connectivity index (χ1n) is 10.4. The summed E-state index contributed by atoms with van der Waals surface area (Å²) in [5.74, 6) is 0.168. The maximum Gasteiger partial charge on any atom is 0.309 e. The summed E-state index contributed by atoms with van der Waals surface area (Å²) >= 11 is 0. The zero-order chi connectivity index (χ0) is 24.0. The molecular formula is C24H27N3O6. The molecule has 9 heteroatoms. The molecule has 1 unspecified atom stereocenters. The molecule has 0 saturated carbocycles. The van der Waals surface area contributed by atoms with Crippen LogP contribution < -0.4 is 20.2 Å². The number of carbonyl (C=O) groups excluding carboxylic acids is 3. The lowest BCUT2D eigenvalue weighted by atomic mass is 9.94. The van der Waals surface area contributed by atoms with Crippen molar-refractivity contribution in [3.05, 3.63) is 53.1 Å². The topological polar surface area (TPSA) is 115 Å². The van der Waals surface area contributed by atoms with Crippen LogP contribution in [0.5, 0.6) is 11.5 Å². The summed E-state index contributed by atoms with van der Waals surface area (Å²) in [5, 5.41) is 7.01. The Balaban J connectivity index is 1.75. The van der Waals surface area contributed by atoms with Gasteiger partial charge in [0.1, 0.15) is 0 Å². The van der Waals surface area contributed by atoms with E-state index in [-0.39, 0.29) is 30.6 Å². The molecule has 33 heavy (non-hydrogen) atoms. The Morgan fingerprint density at radius 2 is 1.64 bits per heavy atom. The minimum absolute atomic E-state index is 0.00496. The van der Waals surface area contributed by atoms with E-state index in [4.69, 9.17) is 14.2 Å². The van der Waals surface area contributed by atoms with E-state index in [1.54, 1.807) is 24.3 Å². The Morgan fingerprint density at radius 3 is 2.18 bits per heavy atom. The number of hydrazone groups is 1. The SMILES string of the molecule is COC(=O)Cc1cc(OC)c(OC)cc1CC(=O)Nc1ccc(C2=NNC(=O)CC2C)cc1. The van der Waals surface area contributed by atoms with Crippen molar-refractivity contribution < 1.29 is 28.6 Å². The number of nitrogens with one attached hydrogen (secondary N) is 2. The molecule has 0 radical (unpaired) electrons. The number of rotatable bonds is 8. The number of esters is 1. The fraction of sp³-hybridized carbons (Fsp3) is 0.333. The fourth-order valence-corrected chi connectivity index (χ4v) is 3.62. The molecule has 1 atom stereocenters. The summed E-state index contributed by atoms with van der Waals surface area (Å²) in [4.78, 5) is 36.0. The van der Waals surface area contributed by atoms with Crippen LogP contribution in [0.15, 0.2) is 41.5 Å². The molecule has 2 N–H and O–H groups in total. The molecule has 0 bridgehead atoms. The van der Waals surface area contributed by atoms with Crippen LogP contribution in [0, 0.1) is 5.92 Å². The van der Waals surface area contributed by atoms with Gasteiger partial charge in [-0.1, -0.05) is 19.1 Å². The predicted molar refractivity (Wildman–Crippen MR) is 123 cm³/mol. The number of methoxy groups -OCH3 is 3. The number of hydrogen-bond acceptors (Lipinski definition) is 7. The van der Waals surface area contributed by atoms with Crippen LogP contribution >= 0.6 is 0 Å². The lowest BCUT2D eigenvalue weighted by molar-refractivity contribution is -0.139. The second-order valence-electron chi connectivity index (χ2n) is 7.67. The average molecular weight is 453 g/mol. The Hall–Kier alpha value is -3.88.